The third kappa shape index (κ3) is 6.07. The lowest BCUT2D eigenvalue weighted by Crippen LogP contribution is -2.47. The molecule has 0 radical (unpaired) electrons. The highest BCUT2D eigenvalue weighted by Crippen LogP contribution is 2.18. The Bertz CT molecular complexity index is 554. The van der Waals surface area contributed by atoms with Crippen LogP contribution >= 0.6 is 0 Å². The van der Waals surface area contributed by atoms with Gasteiger partial charge in [0.15, 0.2) is 5.96 Å². The summed E-state index contributed by atoms with van der Waals surface area (Å²) in [6, 6.07) is 7.50. The summed E-state index contributed by atoms with van der Waals surface area (Å²) in [6.45, 7) is 7.48. The zero-order chi connectivity index (χ0) is 18.1. The SMILES string of the molecule is C=CCNC(=NCC(O)c1ccc(OC)cc1)NC(C)C1CCCO1. The summed E-state index contributed by atoms with van der Waals surface area (Å²) >= 11 is 0. The van der Waals surface area contributed by atoms with Crippen molar-refractivity contribution >= 4 is 5.96 Å². The van der Waals surface area contributed by atoms with Crippen LogP contribution in [0.2, 0.25) is 0 Å². The number of hydrogen-bond donors (Lipinski definition) is 3. The molecule has 0 saturated carbocycles. The first-order valence-corrected chi connectivity index (χ1v) is 8.73. The molecule has 3 N–H and O–H groups in total. The maximum atomic E-state index is 10.4. The van der Waals surface area contributed by atoms with Gasteiger partial charge in [0, 0.05) is 13.2 Å². The Kier molecular flexibility index (Phi) is 7.76. The minimum absolute atomic E-state index is 0.150. The maximum absolute atomic E-state index is 10.4. The fourth-order valence-corrected chi connectivity index (χ4v) is 2.74. The van der Waals surface area contributed by atoms with Crippen LogP contribution in [0, 0.1) is 0 Å². The fourth-order valence-electron chi connectivity index (χ4n) is 2.74. The van der Waals surface area contributed by atoms with E-state index < -0.39 is 6.10 Å². The average Bonchev–Trinajstić information content (AvgIpc) is 3.18. The molecule has 1 aromatic carbocycles. The highest BCUT2D eigenvalue weighted by atomic mass is 16.5. The Balaban J connectivity index is 1.95. The van der Waals surface area contributed by atoms with E-state index in [4.69, 9.17) is 9.47 Å². The van der Waals surface area contributed by atoms with Crippen LogP contribution in [0.25, 0.3) is 0 Å². The van der Waals surface area contributed by atoms with Crippen molar-refractivity contribution in [3.8, 4) is 5.75 Å². The molecule has 0 spiro atoms. The number of methoxy groups -OCH3 is 1. The molecule has 6 heteroatoms. The molecule has 1 heterocycles. The highest BCUT2D eigenvalue weighted by Gasteiger charge is 2.23. The van der Waals surface area contributed by atoms with Crippen molar-refractivity contribution in [3.63, 3.8) is 0 Å². The van der Waals surface area contributed by atoms with Crippen LogP contribution in [0.4, 0.5) is 0 Å². The molecule has 1 aromatic rings. The third-order valence-electron chi connectivity index (χ3n) is 4.22. The topological polar surface area (TPSA) is 75.1 Å². The van der Waals surface area contributed by atoms with Crippen LogP contribution in [-0.4, -0.2) is 50.0 Å². The summed E-state index contributed by atoms with van der Waals surface area (Å²) in [7, 11) is 1.62. The van der Waals surface area contributed by atoms with E-state index in [9.17, 15) is 5.11 Å². The largest absolute Gasteiger partial charge is 0.497 e. The van der Waals surface area contributed by atoms with Crippen molar-refractivity contribution in [1.82, 2.24) is 10.6 Å². The van der Waals surface area contributed by atoms with E-state index in [1.54, 1.807) is 13.2 Å². The lowest BCUT2D eigenvalue weighted by atomic mass is 10.1. The molecule has 2 rings (SSSR count). The van der Waals surface area contributed by atoms with Crippen molar-refractivity contribution in [2.45, 2.75) is 38.0 Å². The Labute approximate surface area is 149 Å². The van der Waals surface area contributed by atoms with Crippen LogP contribution in [0.3, 0.4) is 0 Å². The number of nitrogens with zero attached hydrogens (tertiary/aromatic N) is 1. The zero-order valence-electron chi connectivity index (χ0n) is 15.1. The van der Waals surface area contributed by atoms with Gasteiger partial charge in [0.1, 0.15) is 5.75 Å². The number of nitrogens with one attached hydrogen (secondary N) is 2. The van der Waals surface area contributed by atoms with Gasteiger partial charge >= 0.3 is 0 Å². The molecule has 0 aromatic heterocycles. The number of guanidine groups is 1. The lowest BCUT2D eigenvalue weighted by Gasteiger charge is -2.23. The highest BCUT2D eigenvalue weighted by molar-refractivity contribution is 5.80. The molecule has 1 fully saturated rings. The van der Waals surface area contributed by atoms with E-state index in [2.05, 4.69) is 29.1 Å². The molecule has 138 valence electrons. The summed E-state index contributed by atoms with van der Waals surface area (Å²) in [4.78, 5) is 4.50. The Hall–Kier alpha value is -2.05. The van der Waals surface area contributed by atoms with Crippen molar-refractivity contribution in [3.05, 3.63) is 42.5 Å². The second-order valence-corrected chi connectivity index (χ2v) is 6.13. The minimum Gasteiger partial charge on any atom is -0.497 e. The average molecular weight is 347 g/mol. The minimum atomic E-state index is -0.675. The number of ether oxygens (including phenoxy) is 2. The van der Waals surface area contributed by atoms with Gasteiger partial charge in [0.05, 0.1) is 31.9 Å². The van der Waals surface area contributed by atoms with Crippen LogP contribution in [0.5, 0.6) is 5.75 Å². The summed E-state index contributed by atoms with van der Waals surface area (Å²) < 4.78 is 10.8. The smallest absolute Gasteiger partial charge is 0.191 e. The van der Waals surface area contributed by atoms with Crippen molar-refractivity contribution < 1.29 is 14.6 Å². The van der Waals surface area contributed by atoms with Gasteiger partial charge < -0.3 is 25.2 Å². The van der Waals surface area contributed by atoms with E-state index in [0.717, 1.165) is 30.8 Å². The molecule has 0 bridgehead atoms. The van der Waals surface area contributed by atoms with Crippen molar-refractivity contribution in [2.75, 3.05) is 26.8 Å². The summed E-state index contributed by atoms with van der Waals surface area (Å²) in [5, 5.41) is 16.9. The molecule has 3 unspecified atom stereocenters. The van der Waals surface area contributed by atoms with Gasteiger partial charge in [0.25, 0.3) is 0 Å². The molecule has 0 aliphatic carbocycles. The number of rotatable bonds is 8. The maximum Gasteiger partial charge on any atom is 0.191 e. The first kappa shape index (κ1) is 19.3. The Morgan fingerprint density at radius 2 is 2.24 bits per heavy atom. The molecule has 1 saturated heterocycles. The quantitative estimate of drug-likeness (QED) is 0.381. The first-order valence-electron chi connectivity index (χ1n) is 8.73. The van der Waals surface area contributed by atoms with Crippen molar-refractivity contribution in [1.29, 1.82) is 0 Å². The van der Waals surface area contributed by atoms with E-state index in [0.29, 0.717) is 12.5 Å². The number of aliphatic imine (C=N–C) groups is 1. The van der Waals surface area contributed by atoms with E-state index in [1.165, 1.54) is 0 Å². The fraction of sp³-hybridized carbons (Fsp3) is 0.526. The monoisotopic (exact) mass is 347 g/mol. The van der Waals surface area contributed by atoms with Gasteiger partial charge in [-0.25, -0.2) is 0 Å². The summed E-state index contributed by atoms with van der Waals surface area (Å²) in [5.74, 6) is 1.41. The van der Waals surface area contributed by atoms with Gasteiger partial charge in [-0.05, 0) is 37.5 Å². The Morgan fingerprint density at radius 1 is 1.48 bits per heavy atom. The number of aliphatic hydroxyl groups is 1. The third-order valence-corrected chi connectivity index (χ3v) is 4.22. The standard InChI is InChI=1S/C19H29N3O3/c1-4-11-20-19(22-14(2)18-6-5-12-25-18)21-13-17(23)15-7-9-16(24-3)10-8-15/h4,7-10,14,17-18,23H,1,5-6,11-13H2,2-3H3,(H2,20,21,22). The van der Waals surface area contributed by atoms with E-state index in [-0.39, 0.29) is 18.7 Å². The predicted octanol–water partition coefficient (Wildman–Crippen LogP) is 2.02. The van der Waals surface area contributed by atoms with Crippen LogP contribution in [0.15, 0.2) is 41.9 Å². The van der Waals surface area contributed by atoms with Crippen LogP contribution < -0.4 is 15.4 Å². The number of aliphatic hydroxyl groups excluding tert-OH is 1. The van der Waals surface area contributed by atoms with Gasteiger partial charge in [-0.3, -0.25) is 4.99 Å². The van der Waals surface area contributed by atoms with Gasteiger partial charge in [0.2, 0.25) is 0 Å². The van der Waals surface area contributed by atoms with Crippen molar-refractivity contribution in [2.24, 2.45) is 4.99 Å². The van der Waals surface area contributed by atoms with Crippen LogP contribution in [-0.2, 0) is 4.74 Å². The molecular weight excluding hydrogens is 318 g/mol. The molecule has 3 atom stereocenters. The van der Waals surface area contributed by atoms with E-state index in [1.807, 2.05) is 24.3 Å². The zero-order valence-corrected chi connectivity index (χ0v) is 15.1. The molecule has 1 aliphatic heterocycles. The first-order chi connectivity index (χ1) is 12.1. The molecule has 0 amide bonds. The lowest BCUT2D eigenvalue weighted by molar-refractivity contribution is 0.0890. The van der Waals surface area contributed by atoms with E-state index >= 15 is 0 Å². The van der Waals surface area contributed by atoms with Gasteiger partial charge in [-0.15, -0.1) is 6.58 Å². The van der Waals surface area contributed by atoms with Crippen LogP contribution in [0.1, 0.15) is 31.4 Å². The predicted molar refractivity (Wildman–Crippen MR) is 100 cm³/mol. The second kappa shape index (κ2) is 10.1. The van der Waals surface area contributed by atoms with Gasteiger partial charge in [-0.1, -0.05) is 18.2 Å². The summed E-state index contributed by atoms with van der Waals surface area (Å²) in [5.41, 5.74) is 0.805. The Morgan fingerprint density at radius 3 is 2.84 bits per heavy atom. The molecule has 6 nitrogen and oxygen atoms in total. The number of hydrogen-bond acceptors (Lipinski definition) is 4. The van der Waals surface area contributed by atoms with Gasteiger partial charge in [-0.2, -0.15) is 0 Å². The molecule has 25 heavy (non-hydrogen) atoms. The number of benzene rings is 1. The summed E-state index contributed by atoms with van der Waals surface area (Å²) in [6.07, 6.45) is 3.44. The normalized spacial score (nSPS) is 20.0. The molecular formula is C19H29N3O3. The second-order valence-electron chi connectivity index (χ2n) is 6.13. The molecule has 1 aliphatic rings.